The molecule has 1 aliphatic rings. The maximum atomic E-state index is 6.41. The van der Waals surface area contributed by atoms with Gasteiger partial charge in [-0.1, -0.05) is 26.8 Å². The topological polar surface area (TPSA) is 21.3 Å². The molecule has 2 unspecified atom stereocenters. The van der Waals surface area contributed by atoms with E-state index in [-0.39, 0.29) is 6.10 Å². The molecule has 0 aromatic heterocycles. The number of hydrogen-bond donors (Lipinski definition) is 1. The Morgan fingerprint density at radius 2 is 1.95 bits per heavy atom. The van der Waals surface area contributed by atoms with Crippen molar-refractivity contribution in [1.29, 1.82) is 0 Å². The minimum Gasteiger partial charge on any atom is -0.488 e. The molecule has 2 atom stereocenters. The predicted molar refractivity (Wildman–Crippen MR) is 85.5 cm³/mol. The third kappa shape index (κ3) is 3.01. The van der Waals surface area contributed by atoms with Crippen LogP contribution in [0.15, 0.2) is 12.1 Å². The Labute approximate surface area is 123 Å². The lowest BCUT2D eigenvalue weighted by Crippen LogP contribution is -2.46. The molecule has 0 saturated heterocycles. The molecular formula is C18H29NO. The average Bonchev–Trinajstić information content (AvgIpc) is 2.63. The summed E-state index contributed by atoms with van der Waals surface area (Å²) >= 11 is 0. The van der Waals surface area contributed by atoms with Gasteiger partial charge in [-0.3, -0.25) is 0 Å². The van der Waals surface area contributed by atoms with Crippen molar-refractivity contribution < 1.29 is 4.74 Å². The van der Waals surface area contributed by atoms with Gasteiger partial charge in [-0.05, 0) is 68.3 Å². The normalized spacial score (nSPS) is 24.9. The second-order valence-corrected chi connectivity index (χ2v) is 6.92. The van der Waals surface area contributed by atoms with Gasteiger partial charge in [0.15, 0.2) is 0 Å². The molecule has 20 heavy (non-hydrogen) atoms. The summed E-state index contributed by atoms with van der Waals surface area (Å²) in [5.41, 5.74) is 4.18. The van der Waals surface area contributed by atoms with Crippen LogP contribution in [0, 0.1) is 26.2 Å². The lowest BCUT2D eigenvalue weighted by molar-refractivity contribution is 0.140. The Hall–Kier alpha value is -1.02. The Morgan fingerprint density at radius 1 is 1.25 bits per heavy atom. The van der Waals surface area contributed by atoms with Gasteiger partial charge in [-0.15, -0.1) is 0 Å². The number of likely N-dealkylation sites (N-methyl/N-ethyl adjacent to an activating group) is 1. The number of aryl methyl sites for hydroxylation is 2. The fourth-order valence-corrected chi connectivity index (χ4v) is 3.38. The molecule has 1 fully saturated rings. The van der Waals surface area contributed by atoms with E-state index in [9.17, 15) is 0 Å². The Balaban J connectivity index is 2.21. The van der Waals surface area contributed by atoms with E-state index < -0.39 is 0 Å². The minimum atomic E-state index is 0.282. The van der Waals surface area contributed by atoms with Gasteiger partial charge in [0.25, 0.3) is 0 Å². The maximum absolute atomic E-state index is 6.41. The van der Waals surface area contributed by atoms with Crippen molar-refractivity contribution >= 4 is 0 Å². The van der Waals surface area contributed by atoms with Crippen LogP contribution in [0.25, 0.3) is 0 Å². The number of nitrogens with one attached hydrogen (secondary N) is 1. The van der Waals surface area contributed by atoms with Gasteiger partial charge in [0.2, 0.25) is 0 Å². The molecule has 0 spiro atoms. The summed E-state index contributed by atoms with van der Waals surface area (Å²) < 4.78 is 6.41. The van der Waals surface area contributed by atoms with Crippen LogP contribution >= 0.6 is 0 Å². The minimum absolute atomic E-state index is 0.282. The van der Waals surface area contributed by atoms with Crippen molar-refractivity contribution in [2.24, 2.45) is 5.41 Å². The highest BCUT2D eigenvalue weighted by atomic mass is 16.5. The molecule has 1 aliphatic carbocycles. The lowest BCUT2D eigenvalue weighted by Gasteiger charge is -2.32. The first-order chi connectivity index (χ1) is 9.35. The number of rotatable bonds is 4. The highest BCUT2D eigenvalue weighted by Gasteiger charge is 2.42. The Morgan fingerprint density at radius 3 is 2.60 bits per heavy atom. The molecule has 1 aromatic rings. The number of hydrogen-bond acceptors (Lipinski definition) is 2. The SMILES string of the molecule is CCNC1C(Oc2cc(C)cc(C)c2C)CCC1(C)C. The molecular weight excluding hydrogens is 246 g/mol. The van der Waals surface area contributed by atoms with Crippen molar-refractivity contribution in [2.75, 3.05) is 6.54 Å². The van der Waals surface area contributed by atoms with Crippen LogP contribution in [0.3, 0.4) is 0 Å². The van der Waals surface area contributed by atoms with Crippen LogP contribution in [-0.2, 0) is 0 Å². The molecule has 1 N–H and O–H groups in total. The van der Waals surface area contributed by atoms with E-state index in [1.807, 2.05) is 0 Å². The maximum Gasteiger partial charge on any atom is 0.123 e. The molecule has 0 aliphatic heterocycles. The van der Waals surface area contributed by atoms with Crippen molar-refractivity contribution in [3.8, 4) is 5.75 Å². The largest absolute Gasteiger partial charge is 0.488 e. The molecule has 0 bridgehead atoms. The molecule has 1 saturated carbocycles. The van der Waals surface area contributed by atoms with Crippen LogP contribution in [0.1, 0.15) is 50.3 Å². The van der Waals surface area contributed by atoms with Crippen LogP contribution < -0.4 is 10.1 Å². The van der Waals surface area contributed by atoms with Crippen LogP contribution in [-0.4, -0.2) is 18.7 Å². The van der Waals surface area contributed by atoms with Gasteiger partial charge >= 0.3 is 0 Å². The van der Waals surface area contributed by atoms with Gasteiger partial charge in [-0.25, -0.2) is 0 Å². The molecule has 2 rings (SSSR count). The molecule has 2 heteroatoms. The molecule has 2 nitrogen and oxygen atoms in total. The van der Waals surface area contributed by atoms with Gasteiger partial charge in [-0.2, -0.15) is 0 Å². The fraction of sp³-hybridized carbons (Fsp3) is 0.667. The molecule has 1 aromatic carbocycles. The van der Waals surface area contributed by atoms with Crippen LogP contribution in [0.5, 0.6) is 5.75 Å². The second-order valence-electron chi connectivity index (χ2n) is 6.92. The van der Waals surface area contributed by atoms with E-state index in [2.05, 4.69) is 59.0 Å². The van der Waals surface area contributed by atoms with Gasteiger partial charge in [0.05, 0.1) is 0 Å². The smallest absolute Gasteiger partial charge is 0.123 e. The van der Waals surface area contributed by atoms with Crippen molar-refractivity contribution in [2.45, 2.75) is 66.5 Å². The molecule has 0 heterocycles. The van der Waals surface area contributed by atoms with E-state index in [0.717, 1.165) is 18.7 Å². The van der Waals surface area contributed by atoms with Crippen molar-refractivity contribution in [1.82, 2.24) is 5.32 Å². The number of benzene rings is 1. The van der Waals surface area contributed by atoms with Crippen molar-refractivity contribution in [3.05, 3.63) is 28.8 Å². The summed E-state index contributed by atoms with van der Waals surface area (Å²) in [6.07, 6.45) is 2.64. The summed E-state index contributed by atoms with van der Waals surface area (Å²) in [4.78, 5) is 0. The highest BCUT2D eigenvalue weighted by molar-refractivity contribution is 5.42. The zero-order valence-corrected chi connectivity index (χ0v) is 13.8. The summed E-state index contributed by atoms with van der Waals surface area (Å²) in [7, 11) is 0. The third-order valence-electron chi connectivity index (χ3n) is 4.75. The molecule has 0 amide bonds. The lowest BCUT2D eigenvalue weighted by atomic mass is 9.87. The predicted octanol–water partition coefficient (Wildman–Crippen LogP) is 4.16. The van der Waals surface area contributed by atoms with Gasteiger partial charge < -0.3 is 10.1 Å². The summed E-state index contributed by atoms with van der Waals surface area (Å²) in [6.45, 7) is 14.3. The standard InChI is InChI=1S/C18H29NO/c1-7-19-17-15(8-9-18(17,5)6)20-16-11-12(2)10-13(3)14(16)4/h10-11,15,17,19H,7-9H2,1-6H3. The van der Waals surface area contributed by atoms with E-state index in [1.54, 1.807) is 0 Å². The number of ether oxygens (including phenoxy) is 1. The monoisotopic (exact) mass is 275 g/mol. The highest BCUT2D eigenvalue weighted by Crippen LogP contribution is 2.40. The fourth-order valence-electron chi connectivity index (χ4n) is 3.38. The first-order valence-corrected chi connectivity index (χ1v) is 7.83. The van der Waals surface area contributed by atoms with Crippen LogP contribution in [0.2, 0.25) is 0 Å². The van der Waals surface area contributed by atoms with Crippen molar-refractivity contribution in [3.63, 3.8) is 0 Å². The van der Waals surface area contributed by atoms with Gasteiger partial charge in [0, 0.05) is 6.04 Å². The quantitative estimate of drug-likeness (QED) is 0.891. The molecule has 112 valence electrons. The van der Waals surface area contributed by atoms with Gasteiger partial charge in [0.1, 0.15) is 11.9 Å². The summed E-state index contributed by atoms with van der Waals surface area (Å²) in [5.74, 6) is 1.06. The second kappa shape index (κ2) is 5.77. The average molecular weight is 275 g/mol. The Bertz CT molecular complexity index is 479. The zero-order chi connectivity index (χ0) is 14.9. The third-order valence-corrected chi connectivity index (χ3v) is 4.75. The first kappa shape index (κ1) is 15.4. The van der Waals surface area contributed by atoms with Crippen LogP contribution in [0.4, 0.5) is 0 Å². The van der Waals surface area contributed by atoms with E-state index in [0.29, 0.717) is 11.5 Å². The summed E-state index contributed by atoms with van der Waals surface area (Å²) in [5, 5.41) is 3.63. The summed E-state index contributed by atoms with van der Waals surface area (Å²) in [6, 6.07) is 4.84. The molecule has 0 radical (unpaired) electrons. The Kier molecular flexibility index (Phi) is 4.43. The van der Waals surface area contributed by atoms with E-state index in [4.69, 9.17) is 4.74 Å². The zero-order valence-electron chi connectivity index (χ0n) is 13.8. The van der Waals surface area contributed by atoms with E-state index in [1.165, 1.54) is 23.1 Å². The van der Waals surface area contributed by atoms with E-state index >= 15 is 0 Å². The first-order valence-electron chi connectivity index (χ1n) is 7.83.